The number of alkyl halides is 3. The number of allylic oxidation sites excluding steroid dienone is 1. The van der Waals surface area contributed by atoms with Crippen LogP contribution in [0.5, 0.6) is 0 Å². The van der Waals surface area contributed by atoms with Gasteiger partial charge in [-0.2, -0.15) is 13.2 Å². The molecule has 6 rings (SSSR count). The van der Waals surface area contributed by atoms with E-state index in [1.807, 2.05) is 0 Å². The van der Waals surface area contributed by atoms with Gasteiger partial charge in [-0.3, -0.25) is 9.69 Å². The summed E-state index contributed by atoms with van der Waals surface area (Å²) in [5, 5.41) is 2.90. The molecule has 3 fully saturated rings. The molecule has 1 aliphatic heterocycles. The maximum Gasteiger partial charge on any atom is 0.416 e. The first-order valence-electron chi connectivity index (χ1n) is 14.4. The van der Waals surface area contributed by atoms with Gasteiger partial charge in [-0.05, 0) is 97.8 Å². The van der Waals surface area contributed by atoms with Gasteiger partial charge in [0.05, 0.1) is 11.0 Å². The van der Waals surface area contributed by atoms with Crippen molar-refractivity contribution in [2.75, 3.05) is 19.6 Å². The zero-order valence-corrected chi connectivity index (χ0v) is 22.8. The van der Waals surface area contributed by atoms with E-state index < -0.39 is 23.0 Å². The molecule has 1 spiro atoms. The normalized spacial score (nSPS) is 33.4. The van der Waals surface area contributed by atoms with Crippen LogP contribution in [-0.2, 0) is 22.9 Å². The van der Waals surface area contributed by atoms with Gasteiger partial charge in [0.1, 0.15) is 5.82 Å². The molecule has 0 radical (unpaired) electrons. The zero-order chi connectivity index (χ0) is 28.3. The van der Waals surface area contributed by atoms with E-state index in [4.69, 9.17) is 5.73 Å². The van der Waals surface area contributed by atoms with Gasteiger partial charge >= 0.3 is 6.18 Å². The largest absolute Gasteiger partial charge is 0.416 e. The van der Waals surface area contributed by atoms with Gasteiger partial charge in [0.15, 0.2) is 0 Å². The minimum absolute atomic E-state index is 0.0571. The van der Waals surface area contributed by atoms with Crippen LogP contribution >= 0.6 is 0 Å². The van der Waals surface area contributed by atoms with Gasteiger partial charge in [0.25, 0.3) is 0 Å². The minimum Gasteiger partial charge on any atom is -0.352 e. The SMILES string of the molecule is C[C@H]1CN(C2CCC(C(=O)NCc3cc(F)cc(C(F)(F)F)c3)(C3CC3CN)C2)CC[C@@]12C=Cc1ccccc12. The van der Waals surface area contributed by atoms with Crippen molar-refractivity contribution >= 4 is 12.0 Å². The van der Waals surface area contributed by atoms with Gasteiger partial charge in [0.2, 0.25) is 5.91 Å². The lowest BCUT2D eigenvalue weighted by molar-refractivity contribution is -0.137. The zero-order valence-electron chi connectivity index (χ0n) is 22.8. The first kappa shape index (κ1) is 27.5. The Hall–Kier alpha value is -2.71. The standard InChI is InChI=1S/C32H37F4N3O/c1-20-19-39(11-10-30(20)8-6-22-4-2-3-5-27(22)30)26-7-9-31(16-26,28-14-23(28)17-37)29(40)38-18-21-12-24(32(34,35)36)15-25(33)13-21/h2-6,8,12-13,15,20,23,26,28H,7,9-11,14,16-19,37H2,1H3,(H,38,40)/t20-,23?,26?,28?,30-,31?/m0/s1. The Bertz CT molecular complexity index is 1330. The first-order valence-corrected chi connectivity index (χ1v) is 14.4. The smallest absolute Gasteiger partial charge is 0.352 e. The Morgan fingerprint density at radius 3 is 2.70 bits per heavy atom. The van der Waals surface area contributed by atoms with E-state index in [-0.39, 0.29) is 35.4 Å². The molecular formula is C32H37F4N3O. The Morgan fingerprint density at radius 2 is 1.98 bits per heavy atom. The number of piperidine rings is 1. The molecule has 40 heavy (non-hydrogen) atoms. The fourth-order valence-corrected chi connectivity index (χ4v) is 8.09. The summed E-state index contributed by atoms with van der Waals surface area (Å²) in [6.45, 7) is 4.63. The topological polar surface area (TPSA) is 58.4 Å². The molecule has 2 aromatic rings. The number of nitrogens with two attached hydrogens (primary N) is 1. The molecular weight excluding hydrogens is 518 g/mol. The lowest BCUT2D eigenvalue weighted by Crippen LogP contribution is -2.51. The summed E-state index contributed by atoms with van der Waals surface area (Å²) in [6.07, 6.45) is 4.30. The van der Waals surface area contributed by atoms with Gasteiger partial charge in [-0.1, -0.05) is 43.3 Å². The van der Waals surface area contributed by atoms with Crippen LogP contribution < -0.4 is 11.1 Å². The van der Waals surface area contributed by atoms with Crippen LogP contribution in [0.4, 0.5) is 17.6 Å². The number of nitrogens with zero attached hydrogens (tertiary/aromatic N) is 1. The average molecular weight is 556 g/mol. The molecule has 4 aliphatic rings. The van der Waals surface area contributed by atoms with Crippen molar-refractivity contribution in [2.45, 2.75) is 63.2 Å². The van der Waals surface area contributed by atoms with Crippen LogP contribution in [0, 0.1) is 29.0 Å². The molecule has 0 bridgehead atoms. The molecule has 4 unspecified atom stereocenters. The number of amides is 1. The highest BCUT2D eigenvalue weighted by Gasteiger charge is 2.60. The number of hydrogen-bond donors (Lipinski definition) is 2. The number of hydrogen-bond acceptors (Lipinski definition) is 3. The molecule has 214 valence electrons. The number of fused-ring (bicyclic) bond motifs is 2. The fraction of sp³-hybridized carbons (Fsp3) is 0.531. The molecule has 4 nitrogen and oxygen atoms in total. The number of carbonyl (C=O) groups excluding carboxylic acids is 1. The number of carbonyl (C=O) groups is 1. The maximum absolute atomic E-state index is 13.9. The van der Waals surface area contributed by atoms with E-state index in [1.54, 1.807) is 0 Å². The molecule has 2 saturated carbocycles. The number of likely N-dealkylation sites (tertiary alicyclic amines) is 1. The Morgan fingerprint density at radius 1 is 1.18 bits per heavy atom. The van der Waals surface area contributed by atoms with E-state index in [9.17, 15) is 22.4 Å². The second-order valence-corrected chi connectivity index (χ2v) is 12.5. The lowest BCUT2D eigenvalue weighted by atomic mass is 9.67. The van der Waals surface area contributed by atoms with Crippen molar-refractivity contribution in [3.05, 3.63) is 76.6 Å². The molecule has 3 N–H and O–H groups in total. The summed E-state index contributed by atoms with van der Waals surface area (Å²) < 4.78 is 53.5. The van der Waals surface area contributed by atoms with Gasteiger partial charge in [-0.15, -0.1) is 0 Å². The third kappa shape index (κ3) is 4.67. The van der Waals surface area contributed by atoms with Crippen molar-refractivity contribution < 1.29 is 22.4 Å². The average Bonchev–Trinajstić information content (AvgIpc) is 3.44. The van der Waals surface area contributed by atoms with Crippen LogP contribution in [0.2, 0.25) is 0 Å². The predicted molar refractivity (Wildman–Crippen MR) is 146 cm³/mol. The molecule has 3 aliphatic carbocycles. The molecule has 1 amide bonds. The van der Waals surface area contributed by atoms with Gasteiger partial charge < -0.3 is 11.1 Å². The maximum atomic E-state index is 13.9. The van der Waals surface area contributed by atoms with Crippen molar-refractivity contribution in [3.63, 3.8) is 0 Å². The third-order valence-corrected chi connectivity index (χ3v) is 10.4. The Kier molecular flexibility index (Phi) is 6.85. The second kappa shape index (κ2) is 9.98. The summed E-state index contributed by atoms with van der Waals surface area (Å²) >= 11 is 0. The highest BCUT2D eigenvalue weighted by atomic mass is 19.4. The van der Waals surface area contributed by atoms with Crippen molar-refractivity contribution in [1.29, 1.82) is 0 Å². The summed E-state index contributed by atoms with van der Waals surface area (Å²) in [7, 11) is 0. The summed E-state index contributed by atoms with van der Waals surface area (Å²) in [5.74, 6) is -0.198. The fourth-order valence-electron chi connectivity index (χ4n) is 8.09. The van der Waals surface area contributed by atoms with E-state index in [0.717, 1.165) is 57.3 Å². The number of halogens is 4. The summed E-state index contributed by atoms with van der Waals surface area (Å²) in [6, 6.07) is 11.4. The lowest BCUT2D eigenvalue weighted by Gasteiger charge is -2.46. The predicted octanol–water partition coefficient (Wildman–Crippen LogP) is 5.90. The molecule has 1 saturated heterocycles. The molecule has 2 aromatic carbocycles. The highest BCUT2D eigenvalue weighted by Crippen LogP contribution is 2.59. The van der Waals surface area contributed by atoms with Crippen molar-refractivity contribution in [2.24, 2.45) is 28.9 Å². The van der Waals surface area contributed by atoms with Gasteiger partial charge in [0, 0.05) is 24.5 Å². The summed E-state index contributed by atoms with van der Waals surface area (Å²) in [5.41, 5.74) is 7.24. The monoisotopic (exact) mass is 555 g/mol. The quantitative estimate of drug-likeness (QED) is 0.437. The minimum atomic E-state index is -4.65. The van der Waals surface area contributed by atoms with Crippen LogP contribution in [0.25, 0.3) is 6.08 Å². The molecule has 0 aromatic heterocycles. The van der Waals surface area contributed by atoms with E-state index in [1.165, 1.54) is 11.1 Å². The number of benzene rings is 2. The molecule has 1 heterocycles. The Balaban J connectivity index is 1.16. The Labute approximate surface area is 233 Å². The van der Waals surface area contributed by atoms with E-state index in [2.05, 4.69) is 53.6 Å². The van der Waals surface area contributed by atoms with Crippen LogP contribution in [0.1, 0.15) is 61.3 Å². The van der Waals surface area contributed by atoms with Crippen molar-refractivity contribution in [1.82, 2.24) is 10.2 Å². The summed E-state index contributed by atoms with van der Waals surface area (Å²) in [4.78, 5) is 16.3. The van der Waals surface area contributed by atoms with Crippen LogP contribution in [-0.4, -0.2) is 36.5 Å². The second-order valence-electron chi connectivity index (χ2n) is 12.5. The van der Waals surface area contributed by atoms with Gasteiger partial charge in [-0.25, -0.2) is 4.39 Å². The highest BCUT2D eigenvalue weighted by molar-refractivity contribution is 5.84. The molecule has 6 atom stereocenters. The third-order valence-electron chi connectivity index (χ3n) is 10.4. The van der Waals surface area contributed by atoms with Crippen LogP contribution in [0.15, 0.2) is 48.5 Å². The van der Waals surface area contributed by atoms with Crippen molar-refractivity contribution in [3.8, 4) is 0 Å². The molecule has 8 heteroatoms. The van der Waals surface area contributed by atoms with E-state index in [0.29, 0.717) is 24.4 Å². The van der Waals surface area contributed by atoms with E-state index >= 15 is 0 Å². The number of rotatable bonds is 6. The first-order chi connectivity index (χ1) is 19.1. The van der Waals surface area contributed by atoms with Crippen LogP contribution in [0.3, 0.4) is 0 Å². The number of nitrogens with one attached hydrogen (secondary N) is 1.